The maximum atomic E-state index is 12.2. The van der Waals surface area contributed by atoms with Crippen molar-refractivity contribution in [3.8, 4) is 0 Å². The van der Waals surface area contributed by atoms with Gasteiger partial charge in [0.15, 0.2) is 0 Å². The van der Waals surface area contributed by atoms with E-state index in [0.29, 0.717) is 17.9 Å². The predicted octanol–water partition coefficient (Wildman–Crippen LogP) is 1.60. The number of hydrogen-bond donors (Lipinski definition) is 3. The van der Waals surface area contributed by atoms with Crippen molar-refractivity contribution in [2.24, 2.45) is 5.92 Å². The minimum Gasteiger partial charge on any atom is -0.372 e. The summed E-state index contributed by atoms with van der Waals surface area (Å²) in [5, 5.41) is 8.89. The van der Waals surface area contributed by atoms with Crippen LogP contribution in [0.1, 0.15) is 19.8 Å². The van der Waals surface area contributed by atoms with Crippen molar-refractivity contribution in [1.82, 2.24) is 5.32 Å². The van der Waals surface area contributed by atoms with Gasteiger partial charge in [-0.1, -0.05) is 6.07 Å². The van der Waals surface area contributed by atoms with Crippen LogP contribution in [0.2, 0.25) is 0 Å². The minimum atomic E-state index is -0.522. The SMILES string of the molecule is COC(C)C(=O)Nc1cccc(NC(=O)C2CCCNC2)c1. The van der Waals surface area contributed by atoms with E-state index in [1.807, 2.05) is 6.07 Å². The molecule has 22 heavy (non-hydrogen) atoms. The van der Waals surface area contributed by atoms with Gasteiger partial charge in [-0.2, -0.15) is 0 Å². The van der Waals surface area contributed by atoms with Crippen molar-refractivity contribution in [2.45, 2.75) is 25.9 Å². The molecule has 0 bridgehead atoms. The summed E-state index contributed by atoms with van der Waals surface area (Å²) in [7, 11) is 1.49. The van der Waals surface area contributed by atoms with Crippen LogP contribution in [0.4, 0.5) is 11.4 Å². The number of carbonyl (C=O) groups excluding carboxylic acids is 2. The zero-order chi connectivity index (χ0) is 15.9. The number of ether oxygens (including phenoxy) is 1. The molecule has 6 nitrogen and oxygen atoms in total. The van der Waals surface area contributed by atoms with E-state index in [2.05, 4.69) is 16.0 Å². The molecule has 2 unspecified atom stereocenters. The fraction of sp³-hybridized carbons (Fsp3) is 0.500. The second-order valence-corrected chi connectivity index (χ2v) is 5.48. The van der Waals surface area contributed by atoms with E-state index < -0.39 is 6.10 Å². The molecule has 0 saturated carbocycles. The zero-order valence-electron chi connectivity index (χ0n) is 13.0. The van der Waals surface area contributed by atoms with Gasteiger partial charge in [-0.05, 0) is 44.5 Å². The van der Waals surface area contributed by atoms with E-state index in [0.717, 1.165) is 19.4 Å². The molecular formula is C16H23N3O3. The van der Waals surface area contributed by atoms with Crippen LogP contribution in [0.25, 0.3) is 0 Å². The van der Waals surface area contributed by atoms with Gasteiger partial charge >= 0.3 is 0 Å². The van der Waals surface area contributed by atoms with Crippen LogP contribution in [0.15, 0.2) is 24.3 Å². The molecule has 0 spiro atoms. The number of piperidine rings is 1. The molecule has 0 aromatic heterocycles. The Bertz CT molecular complexity index is 527. The van der Waals surface area contributed by atoms with E-state index >= 15 is 0 Å². The van der Waals surface area contributed by atoms with Crippen LogP contribution in [0, 0.1) is 5.92 Å². The minimum absolute atomic E-state index is 0.000473. The van der Waals surface area contributed by atoms with Gasteiger partial charge in [0.25, 0.3) is 5.91 Å². The second-order valence-electron chi connectivity index (χ2n) is 5.48. The van der Waals surface area contributed by atoms with Crippen LogP contribution in [-0.2, 0) is 14.3 Å². The Hall–Kier alpha value is -1.92. The molecule has 3 N–H and O–H groups in total. The number of carbonyl (C=O) groups is 2. The lowest BCUT2D eigenvalue weighted by Crippen LogP contribution is -2.37. The maximum Gasteiger partial charge on any atom is 0.253 e. The van der Waals surface area contributed by atoms with Crippen molar-refractivity contribution in [3.05, 3.63) is 24.3 Å². The predicted molar refractivity (Wildman–Crippen MR) is 85.8 cm³/mol. The molecule has 2 amide bonds. The van der Waals surface area contributed by atoms with Gasteiger partial charge in [-0.3, -0.25) is 9.59 Å². The molecule has 1 fully saturated rings. The van der Waals surface area contributed by atoms with Gasteiger partial charge < -0.3 is 20.7 Å². The number of amides is 2. The van der Waals surface area contributed by atoms with Gasteiger partial charge in [0.2, 0.25) is 5.91 Å². The highest BCUT2D eigenvalue weighted by molar-refractivity contribution is 5.96. The normalized spacial score (nSPS) is 19.3. The van der Waals surface area contributed by atoms with Crippen LogP contribution < -0.4 is 16.0 Å². The molecule has 2 atom stereocenters. The number of methoxy groups -OCH3 is 1. The van der Waals surface area contributed by atoms with Crippen molar-refractivity contribution in [3.63, 3.8) is 0 Å². The van der Waals surface area contributed by atoms with E-state index in [1.165, 1.54) is 7.11 Å². The average Bonchev–Trinajstić information content (AvgIpc) is 2.55. The summed E-state index contributed by atoms with van der Waals surface area (Å²) >= 11 is 0. The third-order valence-corrected chi connectivity index (χ3v) is 3.79. The third-order valence-electron chi connectivity index (χ3n) is 3.79. The van der Waals surface area contributed by atoms with Crippen LogP contribution in [0.5, 0.6) is 0 Å². The number of rotatable bonds is 5. The first-order valence-corrected chi connectivity index (χ1v) is 7.55. The average molecular weight is 305 g/mol. The van der Waals surface area contributed by atoms with E-state index in [-0.39, 0.29) is 17.7 Å². The first-order valence-electron chi connectivity index (χ1n) is 7.55. The second kappa shape index (κ2) is 7.91. The summed E-state index contributed by atoms with van der Waals surface area (Å²) in [6.45, 7) is 3.37. The highest BCUT2D eigenvalue weighted by Gasteiger charge is 2.21. The largest absolute Gasteiger partial charge is 0.372 e. The van der Waals surface area contributed by atoms with Crippen LogP contribution >= 0.6 is 0 Å². The molecule has 1 aliphatic rings. The zero-order valence-corrected chi connectivity index (χ0v) is 13.0. The Kier molecular flexibility index (Phi) is 5.91. The molecule has 120 valence electrons. The van der Waals surface area contributed by atoms with E-state index in [4.69, 9.17) is 4.74 Å². The Labute approximate surface area is 130 Å². The lowest BCUT2D eigenvalue weighted by molar-refractivity contribution is -0.124. The quantitative estimate of drug-likeness (QED) is 0.772. The van der Waals surface area contributed by atoms with Crippen molar-refractivity contribution in [2.75, 3.05) is 30.8 Å². The van der Waals surface area contributed by atoms with Gasteiger partial charge in [0.1, 0.15) is 6.10 Å². The number of nitrogens with one attached hydrogen (secondary N) is 3. The first-order chi connectivity index (χ1) is 10.6. The molecular weight excluding hydrogens is 282 g/mol. The van der Waals surface area contributed by atoms with Gasteiger partial charge in [-0.15, -0.1) is 0 Å². The first kappa shape index (κ1) is 16.5. The highest BCUT2D eigenvalue weighted by Crippen LogP contribution is 2.18. The Morgan fingerprint density at radius 1 is 1.32 bits per heavy atom. The fourth-order valence-electron chi connectivity index (χ4n) is 2.35. The summed E-state index contributed by atoms with van der Waals surface area (Å²) < 4.78 is 4.97. The molecule has 1 aromatic rings. The Balaban J connectivity index is 1.96. The van der Waals surface area contributed by atoms with Crippen molar-refractivity contribution in [1.29, 1.82) is 0 Å². The molecule has 0 aliphatic carbocycles. The summed E-state index contributed by atoms with van der Waals surface area (Å²) in [5.41, 5.74) is 1.31. The molecule has 1 aromatic carbocycles. The molecule has 1 saturated heterocycles. The molecule has 0 radical (unpaired) electrons. The van der Waals surface area contributed by atoms with Crippen molar-refractivity contribution < 1.29 is 14.3 Å². The Morgan fingerprint density at radius 2 is 2.05 bits per heavy atom. The molecule has 1 heterocycles. The van der Waals surface area contributed by atoms with E-state index in [1.54, 1.807) is 25.1 Å². The number of anilines is 2. The van der Waals surface area contributed by atoms with Crippen LogP contribution in [0.3, 0.4) is 0 Å². The topological polar surface area (TPSA) is 79.5 Å². The van der Waals surface area contributed by atoms with Gasteiger partial charge in [0, 0.05) is 25.0 Å². The lowest BCUT2D eigenvalue weighted by Gasteiger charge is -2.22. The van der Waals surface area contributed by atoms with Gasteiger partial charge in [0.05, 0.1) is 5.92 Å². The number of benzene rings is 1. The molecule has 2 rings (SSSR count). The fourth-order valence-corrected chi connectivity index (χ4v) is 2.35. The molecule has 1 aliphatic heterocycles. The third kappa shape index (κ3) is 4.54. The summed E-state index contributed by atoms with van der Waals surface area (Å²) in [6.07, 6.45) is 1.40. The standard InChI is InChI=1S/C16H23N3O3/c1-11(22-2)15(20)18-13-6-3-7-14(9-13)19-16(21)12-5-4-8-17-10-12/h3,6-7,9,11-12,17H,4-5,8,10H2,1-2H3,(H,18,20)(H,19,21). The Morgan fingerprint density at radius 3 is 2.68 bits per heavy atom. The van der Waals surface area contributed by atoms with Crippen LogP contribution in [-0.4, -0.2) is 38.1 Å². The summed E-state index contributed by atoms with van der Waals surface area (Å²) in [4.78, 5) is 24.0. The van der Waals surface area contributed by atoms with Gasteiger partial charge in [-0.25, -0.2) is 0 Å². The monoisotopic (exact) mass is 305 g/mol. The van der Waals surface area contributed by atoms with Crippen molar-refractivity contribution >= 4 is 23.2 Å². The maximum absolute atomic E-state index is 12.2. The van der Waals surface area contributed by atoms with E-state index in [9.17, 15) is 9.59 Å². The number of hydrogen-bond acceptors (Lipinski definition) is 4. The summed E-state index contributed by atoms with van der Waals surface area (Å²) in [5.74, 6) is -0.205. The summed E-state index contributed by atoms with van der Waals surface area (Å²) in [6, 6.07) is 7.12. The lowest BCUT2D eigenvalue weighted by atomic mass is 9.99. The smallest absolute Gasteiger partial charge is 0.253 e. The highest BCUT2D eigenvalue weighted by atomic mass is 16.5. The molecule has 6 heteroatoms.